The van der Waals surface area contributed by atoms with Gasteiger partial charge in [-0.15, -0.1) is 0 Å². The molecule has 0 aliphatic rings. The molecule has 0 bridgehead atoms. The quantitative estimate of drug-likeness (QED) is 0.847. The Morgan fingerprint density at radius 1 is 1.40 bits per heavy atom. The van der Waals surface area contributed by atoms with Crippen molar-refractivity contribution in [3.8, 4) is 0 Å². The molecule has 20 heavy (non-hydrogen) atoms. The smallest absolute Gasteiger partial charge is 0.415 e. The molecule has 1 rings (SSSR count). The first-order valence-electron chi connectivity index (χ1n) is 5.87. The molecule has 0 fully saturated rings. The first-order valence-corrected chi connectivity index (χ1v) is 6.25. The van der Waals surface area contributed by atoms with Crippen LogP contribution in [0, 0.1) is 0 Å². The molecule has 0 unspecified atom stereocenters. The van der Waals surface area contributed by atoms with Crippen molar-refractivity contribution in [2.45, 2.75) is 19.4 Å². The van der Waals surface area contributed by atoms with Gasteiger partial charge in [-0.1, -0.05) is 24.3 Å². The maximum Gasteiger partial charge on any atom is 0.415 e. The highest BCUT2D eigenvalue weighted by molar-refractivity contribution is 6.30. The fourth-order valence-electron chi connectivity index (χ4n) is 1.54. The van der Waals surface area contributed by atoms with Gasteiger partial charge >= 0.3 is 12.1 Å². The number of halogens is 1. The molecule has 1 aromatic carbocycles. The second-order valence-electron chi connectivity index (χ2n) is 4.54. The van der Waals surface area contributed by atoms with Crippen LogP contribution in [-0.2, 0) is 9.53 Å². The fourth-order valence-corrected chi connectivity index (χ4v) is 1.66. The van der Waals surface area contributed by atoms with Crippen LogP contribution >= 0.6 is 11.6 Å². The molecule has 5 nitrogen and oxygen atoms in total. The standard InChI is InChI=1S/C14H16ClNO4/c1-4-9-20-13(19)16(14(2,3)12(17)18)11-7-5-10(15)6-8-11/h4-8H,1,9H2,2-3H3,(H,17,18). The van der Waals surface area contributed by atoms with E-state index >= 15 is 0 Å². The zero-order valence-corrected chi connectivity index (χ0v) is 12.1. The van der Waals surface area contributed by atoms with Gasteiger partial charge in [-0.05, 0) is 38.1 Å². The van der Waals surface area contributed by atoms with Gasteiger partial charge in [0.1, 0.15) is 12.1 Å². The summed E-state index contributed by atoms with van der Waals surface area (Å²) in [4.78, 5) is 24.5. The van der Waals surface area contributed by atoms with E-state index in [2.05, 4.69) is 6.58 Å². The number of ether oxygens (including phenoxy) is 1. The highest BCUT2D eigenvalue weighted by atomic mass is 35.5. The number of amides is 1. The van der Waals surface area contributed by atoms with Crippen LogP contribution in [-0.4, -0.2) is 29.3 Å². The van der Waals surface area contributed by atoms with Crippen LogP contribution in [0.1, 0.15) is 13.8 Å². The van der Waals surface area contributed by atoms with Crippen molar-refractivity contribution in [2.75, 3.05) is 11.5 Å². The van der Waals surface area contributed by atoms with Crippen molar-refractivity contribution in [3.05, 3.63) is 41.9 Å². The Bertz CT molecular complexity index is 510. The lowest BCUT2D eigenvalue weighted by molar-refractivity contribution is -0.142. The maximum atomic E-state index is 12.1. The van der Waals surface area contributed by atoms with Gasteiger partial charge in [0, 0.05) is 10.7 Å². The SMILES string of the molecule is C=CCOC(=O)N(c1ccc(Cl)cc1)C(C)(C)C(=O)O. The Labute approximate surface area is 122 Å². The number of carbonyl (C=O) groups excluding carboxylic acids is 1. The van der Waals surface area contributed by atoms with Gasteiger partial charge in [0.05, 0.1) is 0 Å². The van der Waals surface area contributed by atoms with Crippen LogP contribution in [0.2, 0.25) is 5.02 Å². The number of carbonyl (C=O) groups is 2. The van der Waals surface area contributed by atoms with E-state index in [0.717, 1.165) is 4.90 Å². The molecule has 1 aromatic rings. The molecule has 6 heteroatoms. The second-order valence-corrected chi connectivity index (χ2v) is 4.98. The van der Waals surface area contributed by atoms with Crippen molar-refractivity contribution in [1.82, 2.24) is 0 Å². The molecule has 0 heterocycles. The van der Waals surface area contributed by atoms with Crippen molar-refractivity contribution >= 4 is 29.4 Å². The Morgan fingerprint density at radius 3 is 2.40 bits per heavy atom. The Balaban J connectivity index is 3.20. The highest BCUT2D eigenvalue weighted by Gasteiger charge is 2.40. The summed E-state index contributed by atoms with van der Waals surface area (Å²) in [6.07, 6.45) is 0.644. The van der Waals surface area contributed by atoms with Gasteiger partial charge < -0.3 is 9.84 Å². The van der Waals surface area contributed by atoms with Crippen LogP contribution in [0.4, 0.5) is 10.5 Å². The molecule has 0 aromatic heterocycles. The summed E-state index contributed by atoms with van der Waals surface area (Å²) in [6, 6.07) is 6.26. The van der Waals surface area contributed by atoms with Gasteiger partial charge in [-0.3, -0.25) is 4.90 Å². The number of anilines is 1. The molecule has 1 N–H and O–H groups in total. The molecule has 108 valence electrons. The minimum Gasteiger partial charge on any atom is -0.480 e. The molecule has 0 radical (unpaired) electrons. The predicted octanol–water partition coefficient (Wildman–Crippen LogP) is 3.33. The van der Waals surface area contributed by atoms with Crippen LogP contribution in [0.15, 0.2) is 36.9 Å². The molecule has 0 aliphatic heterocycles. The van der Waals surface area contributed by atoms with Crippen LogP contribution in [0.25, 0.3) is 0 Å². The lowest BCUT2D eigenvalue weighted by atomic mass is 10.0. The maximum absolute atomic E-state index is 12.1. The van der Waals surface area contributed by atoms with E-state index < -0.39 is 17.6 Å². The molecule has 0 aliphatic carbocycles. The second kappa shape index (κ2) is 6.43. The van der Waals surface area contributed by atoms with Gasteiger partial charge in [-0.2, -0.15) is 0 Å². The first kappa shape index (κ1) is 16.0. The lowest BCUT2D eigenvalue weighted by Gasteiger charge is -2.34. The van der Waals surface area contributed by atoms with Crippen molar-refractivity contribution in [2.24, 2.45) is 0 Å². The molecular weight excluding hydrogens is 282 g/mol. The zero-order valence-electron chi connectivity index (χ0n) is 11.3. The summed E-state index contributed by atoms with van der Waals surface area (Å²) in [6.45, 7) is 6.27. The van der Waals surface area contributed by atoms with E-state index in [1.54, 1.807) is 24.3 Å². The summed E-state index contributed by atoms with van der Waals surface area (Å²) >= 11 is 5.79. The third kappa shape index (κ3) is 3.51. The van der Waals surface area contributed by atoms with Crippen molar-refractivity contribution in [1.29, 1.82) is 0 Å². The van der Waals surface area contributed by atoms with Crippen LogP contribution < -0.4 is 4.90 Å². The summed E-state index contributed by atoms with van der Waals surface area (Å²) < 4.78 is 4.95. The number of rotatable bonds is 5. The summed E-state index contributed by atoms with van der Waals surface area (Å²) in [5.74, 6) is -1.15. The number of benzene rings is 1. The average molecular weight is 298 g/mol. The molecule has 0 spiro atoms. The molecule has 0 saturated heterocycles. The van der Waals surface area contributed by atoms with E-state index in [9.17, 15) is 14.7 Å². The lowest BCUT2D eigenvalue weighted by Crippen LogP contribution is -2.53. The highest BCUT2D eigenvalue weighted by Crippen LogP contribution is 2.27. The minimum atomic E-state index is -1.47. The van der Waals surface area contributed by atoms with Crippen LogP contribution in [0.5, 0.6) is 0 Å². The first-order chi connectivity index (χ1) is 9.30. The minimum absolute atomic E-state index is 0.00137. The third-order valence-corrected chi connectivity index (χ3v) is 2.93. The van der Waals surface area contributed by atoms with Gasteiger partial charge in [0.2, 0.25) is 0 Å². The van der Waals surface area contributed by atoms with E-state index in [1.807, 2.05) is 0 Å². The predicted molar refractivity (Wildman–Crippen MR) is 77.2 cm³/mol. The number of hydrogen-bond donors (Lipinski definition) is 1. The van der Waals surface area contributed by atoms with Gasteiger partial charge in [0.15, 0.2) is 0 Å². The van der Waals surface area contributed by atoms with E-state index in [4.69, 9.17) is 16.3 Å². The van der Waals surface area contributed by atoms with Gasteiger partial charge in [-0.25, -0.2) is 9.59 Å². The largest absolute Gasteiger partial charge is 0.480 e. The Morgan fingerprint density at radius 2 is 1.95 bits per heavy atom. The van der Waals surface area contributed by atoms with E-state index in [0.29, 0.717) is 10.7 Å². The normalized spacial score (nSPS) is 10.8. The summed E-state index contributed by atoms with van der Waals surface area (Å²) in [5, 5.41) is 9.79. The van der Waals surface area contributed by atoms with E-state index in [-0.39, 0.29) is 6.61 Å². The average Bonchev–Trinajstić information content (AvgIpc) is 2.38. The van der Waals surface area contributed by atoms with Crippen molar-refractivity contribution < 1.29 is 19.4 Å². The van der Waals surface area contributed by atoms with E-state index in [1.165, 1.54) is 19.9 Å². The molecular formula is C14H16ClNO4. The van der Waals surface area contributed by atoms with Crippen LogP contribution in [0.3, 0.4) is 0 Å². The Kier molecular flexibility index (Phi) is 5.16. The molecule has 0 atom stereocenters. The number of nitrogens with zero attached hydrogens (tertiary/aromatic N) is 1. The third-order valence-electron chi connectivity index (χ3n) is 2.67. The summed E-state index contributed by atoms with van der Waals surface area (Å²) in [5.41, 5.74) is -1.08. The summed E-state index contributed by atoms with van der Waals surface area (Å²) in [7, 11) is 0. The number of carboxylic acid groups (broad SMARTS) is 1. The monoisotopic (exact) mass is 297 g/mol. The van der Waals surface area contributed by atoms with Crippen molar-refractivity contribution in [3.63, 3.8) is 0 Å². The number of carboxylic acids is 1. The number of hydrogen-bond acceptors (Lipinski definition) is 3. The Hall–Kier alpha value is -2.01. The van der Waals surface area contributed by atoms with Gasteiger partial charge in [0.25, 0.3) is 0 Å². The molecule has 1 amide bonds. The number of aliphatic carboxylic acids is 1. The topological polar surface area (TPSA) is 66.8 Å². The molecule has 0 saturated carbocycles. The fraction of sp³-hybridized carbons (Fsp3) is 0.286. The zero-order chi connectivity index (χ0) is 15.3.